The van der Waals surface area contributed by atoms with E-state index in [1.165, 1.54) is 13.2 Å². The summed E-state index contributed by atoms with van der Waals surface area (Å²) in [5, 5.41) is 20.2. The number of epoxide rings is 1. The molecule has 0 aromatic heterocycles. The molecule has 0 aromatic carbocycles. The molecule has 2 aliphatic heterocycles. The van der Waals surface area contributed by atoms with Crippen LogP contribution in [-0.2, 0) is 33.3 Å². The van der Waals surface area contributed by atoms with E-state index in [1.54, 1.807) is 13.8 Å². The molecule has 9 heteroatoms. The number of carbonyl (C=O) groups excluding carboxylic acids is 3. The maximum absolute atomic E-state index is 12.7. The first-order valence-corrected chi connectivity index (χ1v) is 13.2. The van der Waals surface area contributed by atoms with Crippen molar-refractivity contribution in [1.82, 2.24) is 0 Å². The van der Waals surface area contributed by atoms with Gasteiger partial charge in [-0.05, 0) is 39.5 Å². The molecule has 0 saturated carbocycles. The predicted molar refractivity (Wildman–Crippen MR) is 132 cm³/mol. The number of rotatable bonds is 16. The molecule has 0 radical (unpaired) electrons. The highest BCUT2D eigenvalue weighted by atomic mass is 16.6. The van der Waals surface area contributed by atoms with Crippen molar-refractivity contribution in [2.24, 2.45) is 11.8 Å². The Labute approximate surface area is 214 Å². The third-order valence-corrected chi connectivity index (χ3v) is 7.11. The zero-order valence-corrected chi connectivity index (χ0v) is 22.1. The molecule has 0 amide bonds. The van der Waals surface area contributed by atoms with Crippen molar-refractivity contribution in [3.8, 4) is 0 Å². The summed E-state index contributed by atoms with van der Waals surface area (Å²) in [6.07, 6.45) is 5.58. The lowest BCUT2D eigenvalue weighted by Gasteiger charge is -2.32. The van der Waals surface area contributed by atoms with Gasteiger partial charge in [-0.2, -0.15) is 0 Å². The molecule has 2 saturated heterocycles. The standard InChI is InChI=1S/C27H44O9/c1-17(14-24(30)34-12-10-8-6-5-7-9-11-23(29)33-4)13-21-26(32)25(31)20(16-35-21)15-22-27(36-22)18(2)19(3)28/h14,18-22,26-28,32H,5-13,15-16H2,1-4H3/b17-14+/t18-,19-,20+,21-,22-,26-,27-/m0/s1. The fourth-order valence-corrected chi connectivity index (χ4v) is 4.53. The predicted octanol–water partition coefficient (Wildman–Crippen LogP) is 2.89. The van der Waals surface area contributed by atoms with E-state index in [2.05, 4.69) is 4.74 Å². The Bertz CT molecular complexity index is 748. The highest BCUT2D eigenvalue weighted by molar-refractivity contribution is 5.87. The molecule has 2 aliphatic rings. The maximum Gasteiger partial charge on any atom is 0.330 e. The van der Waals surface area contributed by atoms with Crippen molar-refractivity contribution in [2.75, 3.05) is 20.3 Å². The summed E-state index contributed by atoms with van der Waals surface area (Å²) in [5.74, 6) is -1.32. The lowest BCUT2D eigenvalue weighted by Crippen LogP contribution is -2.47. The monoisotopic (exact) mass is 512 g/mol. The molecular weight excluding hydrogens is 468 g/mol. The number of esters is 2. The quantitative estimate of drug-likeness (QED) is 0.139. The molecule has 206 valence electrons. The molecule has 0 unspecified atom stereocenters. The second-order valence-corrected chi connectivity index (χ2v) is 10.2. The van der Waals surface area contributed by atoms with Crippen molar-refractivity contribution in [3.05, 3.63) is 11.6 Å². The third kappa shape index (κ3) is 10.3. The van der Waals surface area contributed by atoms with E-state index in [0.717, 1.165) is 38.5 Å². The largest absolute Gasteiger partial charge is 0.469 e. The van der Waals surface area contributed by atoms with Crippen LogP contribution < -0.4 is 0 Å². The molecule has 0 spiro atoms. The minimum absolute atomic E-state index is 0.0101. The first kappa shape index (κ1) is 30.4. The fraction of sp³-hybridized carbons (Fsp3) is 0.815. The number of unbranched alkanes of at least 4 members (excludes halogenated alkanes) is 5. The van der Waals surface area contributed by atoms with E-state index in [0.29, 0.717) is 25.0 Å². The van der Waals surface area contributed by atoms with Crippen LogP contribution in [0, 0.1) is 11.8 Å². The highest BCUT2D eigenvalue weighted by Crippen LogP contribution is 2.37. The molecule has 2 N–H and O–H groups in total. The van der Waals surface area contributed by atoms with E-state index in [-0.39, 0.29) is 42.9 Å². The molecule has 7 atom stereocenters. The summed E-state index contributed by atoms with van der Waals surface area (Å²) in [4.78, 5) is 35.8. The number of methoxy groups -OCH3 is 1. The number of aliphatic hydroxyl groups is 2. The van der Waals surface area contributed by atoms with E-state index in [4.69, 9.17) is 14.2 Å². The summed E-state index contributed by atoms with van der Waals surface area (Å²) < 4.78 is 21.3. The molecule has 2 heterocycles. The topological polar surface area (TPSA) is 132 Å². The number of ketones is 1. The van der Waals surface area contributed by atoms with Crippen LogP contribution in [0.4, 0.5) is 0 Å². The number of Topliss-reactive ketones (excluding diaryl/α,β-unsaturated/α-hetero) is 1. The third-order valence-electron chi connectivity index (χ3n) is 7.11. The number of aliphatic hydroxyl groups excluding tert-OH is 2. The molecule has 0 aromatic rings. The van der Waals surface area contributed by atoms with Crippen LogP contribution in [0.25, 0.3) is 0 Å². The summed E-state index contributed by atoms with van der Waals surface area (Å²) >= 11 is 0. The van der Waals surface area contributed by atoms with Crippen LogP contribution in [-0.4, -0.2) is 78.8 Å². The van der Waals surface area contributed by atoms with Crippen molar-refractivity contribution in [2.45, 2.75) is 109 Å². The minimum atomic E-state index is -1.25. The van der Waals surface area contributed by atoms with E-state index in [9.17, 15) is 24.6 Å². The Morgan fingerprint density at radius 3 is 2.44 bits per heavy atom. The lowest BCUT2D eigenvalue weighted by molar-refractivity contribution is -0.156. The first-order chi connectivity index (χ1) is 17.1. The second-order valence-electron chi connectivity index (χ2n) is 10.2. The summed E-state index contributed by atoms with van der Waals surface area (Å²) in [6, 6.07) is 0. The molecule has 2 rings (SSSR count). The SMILES string of the molecule is COC(=O)CCCCCCCCOC(=O)/C=C(\C)C[C@@H]1OC[C@@H](C[C@@H]2O[C@H]2[C@@H](C)[C@H](C)O)C(=O)[C@H]1O. The first-order valence-electron chi connectivity index (χ1n) is 13.2. The Morgan fingerprint density at radius 1 is 1.11 bits per heavy atom. The van der Waals surface area contributed by atoms with E-state index < -0.39 is 30.2 Å². The van der Waals surface area contributed by atoms with Gasteiger partial charge in [0, 0.05) is 24.3 Å². The van der Waals surface area contributed by atoms with Crippen LogP contribution in [0.15, 0.2) is 11.6 Å². The van der Waals surface area contributed by atoms with Crippen molar-refractivity contribution in [1.29, 1.82) is 0 Å². The molecular formula is C27H44O9. The van der Waals surface area contributed by atoms with E-state index in [1.807, 2.05) is 6.92 Å². The van der Waals surface area contributed by atoms with Gasteiger partial charge in [0.15, 0.2) is 5.78 Å². The van der Waals surface area contributed by atoms with Crippen LogP contribution >= 0.6 is 0 Å². The fourth-order valence-electron chi connectivity index (χ4n) is 4.53. The van der Waals surface area contributed by atoms with Crippen molar-refractivity contribution in [3.63, 3.8) is 0 Å². The summed E-state index contributed by atoms with van der Waals surface area (Å²) in [5.41, 5.74) is 0.678. The maximum atomic E-state index is 12.7. The van der Waals surface area contributed by atoms with Gasteiger partial charge >= 0.3 is 11.9 Å². The van der Waals surface area contributed by atoms with Gasteiger partial charge in [-0.15, -0.1) is 0 Å². The van der Waals surface area contributed by atoms with Gasteiger partial charge in [-0.25, -0.2) is 4.79 Å². The van der Waals surface area contributed by atoms with Gasteiger partial charge in [0.2, 0.25) is 0 Å². The molecule has 2 fully saturated rings. The Morgan fingerprint density at radius 2 is 1.78 bits per heavy atom. The normalized spacial score (nSPS) is 27.9. The minimum Gasteiger partial charge on any atom is -0.469 e. The number of hydrogen-bond acceptors (Lipinski definition) is 9. The van der Waals surface area contributed by atoms with Gasteiger partial charge in [-0.1, -0.05) is 38.2 Å². The molecule has 0 bridgehead atoms. The van der Waals surface area contributed by atoms with Crippen molar-refractivity contribution >= 4 is 17.7 Å². The number of ether oxygens (including phenoxy) is 4. The zero-order chi connectivity index (χ0) is 26.7. The van der Waals surface area contributed by atoms with Gasteiger partial charge in [-0.3, -0.25) is 9.59 Å². The van der Waals surface area contributed by atoms with Gasteiger partial charge in [0.25, 0.3) is 0 Å². The highest BCUT2D eigenvalue weighted by Gasteiger charge is 2.48. The van der Waals surface area contributed by atoms with Gasteiger partial charge < -0.3 is 29.2 Å². The Hall–Kier alpha value is -1.81. The van der Waals surface area contributed by atoms with Crippen LogP contribution in [0.2, 0.25) is 0 Å². The Balaban J connectivity index is 1.60. The number of carbonyl (C=O) groups is 3. The molecule has 9 nitrogen and oxygen atoms in total. The zero-order valence-electron chi connectivity index (χ0n) is 22.1. The van der Waals surface area contributed by atoms with Gasteiger partial charge in [0.1, 0.15) is 6.10 Å². The average Bonchev–Trinajstić information content (AvgIpc) is 3.60. The van der Waals surface area contributed by atoms with Crippen LogP contribution in [0.5, 0.6) is 0 Å². The smallest absolute Gasteiger partial charge is 0.330 e. The van der Waals surface area contributed by atoms with Crippen LogP contribution in [0.1, 0.15) is 78.6 Å². The summed E-state index contributed by atoms with van der Waals surface area (Å²) in [6.45, 7) is 5.93. The number of hydrogen-bond donors (Lipinski definition) is 2. The van der Waals surface area contributed by atoms with Crippen LogP contribution in [0.3, 0.4) is 0 Å². The van der Waals surface area contributed by atoms with E-state index >= 15 is 0 Å². The summed E-state index contributed by atoms with van der Waals surface area (Å²) in [7, 11) is 1.39. The average molecular weight is 513 g/mol. The molecule has 0 aliphatic carbocycles. The van der Waals surface area contributed by atoms with Gasteiger partial charge in [0.05, 0.1) is 44.7 Å². The molecule has 36 heavy (non-hydrogen) atoms. The van der Waals surface area contributed by atoms with Crippen molar-refractivity contribution < 1.29 is 43.5 Å². The Kier molecular flexibility index (Phi) is 13.0. The lowest BCUT2D eigenvalue weighted by atomic mass is 9.87. The second kappa shape index (κ2) is 15.4.